The molecular weight excluding hydrogens is 322 g/mol. The predicted octanol–water partition coefficient (Wildman–Crippen LogP) is 3.93. The van der Waals surface area contributed by atoms with Crippen molar-refractivity contribution in [3.05, 3.63) is 11.6 Å². The van der Waals surface area contributed by atoms with Crippen molar-refractivity contribution in [2.24, 2.45) is 0 Å². The van der Waals surface area contributed by atoms with Gasteiger partial charge in [-0.2, -0.15) is 0 Å². The third-order valence-electron chi connectivity index (χ3n) is 4.78. The smallest absolute Gasteiger partial charge is 0.410 e. The molecule has 5 nitrogen and oxygen atoms in total. The van der Waals surface area contributed by atoms with Gasteiger partial charge in [-0.1, -0.05) is 26.8 Å². The van der Waals surface area contributed by atoms with Crippen LogP contribution in [0.15, 0.2) is 11.6 Å². The molecule has 1 aliphatic rings. The van der Waals surface area contributed by atoms with Crippen molar-refractivity contribution in [2.45, 2.75) is 84.3 Å². The van der Waals surface area contributed by atoms with Crippen LogP contribution in [0.1, 0.15) is 48.5 Å². The number of rotatable bonds is 3. The van der Waals surface area contributed by atoms with Crippen LogP contribution >= 0.6 is 0 Å². The van der Waals surface area contributed by atoms with Crippen LogP contribution in [0, 0.1) is 0 Å². The topological polar surface area (TPSA) is 59.0 Å². The number of aliphatic hydroxyl groups is 1. The highest BCUT2D eigenvalue weighted by Gasteiger charge is 2.40. The molecule has 24 heavy (non-hydrogen) atoms. The van der Waals surface area contributed by atoms with E-state index in [0.29, 0.717) is 6.61 Å². The molecule has 0 unspecified atom stereocenters. The minimum absolute atomic E-state index is 0.107. The molecule has 1 rings (SSSR count). The Bertz CT molecular complexity index is 488. The monoisotopic (exact) mass is 357 g/mol. The van der Waals surface area contributed by atoms with E-state index in [-0.39, 0.29) is 17.6 Å². The molecule has 1 aliphatic heterocycles. The molecule has 140 valence electrons. The van der Waals surface area contributed by atoms with Crippen LogP contribution in [-0.2, 0) is 9.16 Å². The van der Waals surface area contributed by atoms with Crippen LogP contribution < -0.4 is 0 Å². The zero-order chi connectivity index (χ0) is 18.9. The van der Waals surface area contributed by atoms with Gasteiger partial charge in [0.25, 0.3) is 0 Å². The zero-order valence-corrected chi connectivity index (χ0v) is 17.8. The highest BCUT2D eigenvalue weighted by Crippen LogP contribution is 2.37. The lowest BCUT2D eigenvalue weighted by Gasteiger charge is -2.41. The summed E-state index contributed by atoms with van der Waals surface area (Å²) in [6, 6.07) is -0.197. The summed E-state index contributed by atoms with van der Waals surface area (Å²) in [6.45, 7) is 19.1. The van der Waals surface area contributed by atoms with Crippen molar-refractivity contribution in [3.8, 4) is 0 Å². The lowest BCUT2D eigenvalue weighted by molar-refractivity contribution is 0.00235. The molecule has 1 heterocycles. The maximum Gasteiger partial charge on any atom is 0.410 e. The fourth-order valence-electron chi connectivity index (χ4n) is 2.29. The molecule has 0 radical (unpaired) electrons. The fraction of sp³-hybridized carbons (Fsp3) is 0.833. The van der Waals surface area contributed by atoms with Crippen molar-refractivity contribution in [1.29, 1.82) is 0 Å². The molecule has 0 saturated heterocycles. The second kappa shape index (κ2) is 7.18. The maximum atomic E-state index is 12.6. The SMILES string of the molecule is CC1=C[C@H](O)CN(C(=O)OC(C)(C)C)[C@@H]1CO[Si](C)(C)C(C)(C)C. The van der Waals surface area contributed by atoms with Crippen molar-refractivity contribution in [1.82, 2.24) is 4.90 Å². The maximum absolute atomic E-state index is 12.6. The number of β-amino-alcohol motifs (C(OH)–C–C–N with tert-alkyl or cyclic N) is 1. The minimum atomic E-state index is -1.92. The van der Waals surface area contributed by atoms with E-state index in [0.717, 1.165) is 5.57 Å². The van der Waals surface area contributed by atoms with Crippen LogP contribution in [-0.4, -0.2) is 55.3 Å². The Morgan fingerprint density at radius 1 is 1.29 bits per heavy atom. The van der Waals surface area contributed by atoms with Gasteiger partial charge < -0.3 is 14.3 Å². The van der Waals surface area contributed by atoms with Gasteiger partial charge in [-0.3, -0.25) is 4.90 Å². The molecule has 0 aromatic heterocycles. The van der Waals surface area contributed by atoms with Gasteiger partial charge in [-0.25, -0.2) is 4.79 Å². The van der Waals surface area contributed by atoms with E-state index in [1.165, 1.54) is 0 Å². The number of carbonyl (C=O) groups excluding carboxylic acids is 1. The highest BCUT2D eigenvalue weighted by molar-refractivity contribution is 6.74. The van der Waals surface area contributed by atoms with Crippen LogP contribution in [0.4, 0.5) is 4.79 Å². The Labute approximate surface area is 148 Å². The van der Waals surface area contributed by atoms with Crippen LogP contribution in [0.3, 0.4) is 0 Å². The molecule has 1 N–H and O–H groups in total. The Kier molecular flexibility index (Phi) is 6.34. The third-order valence-corrected chi connectivity index (χ3v) is 9.28. The normalized spacial score (nSPS) is 23.1. The zero-order valence-electron chi connectivity index (χ0n) is 16.8. The van der Waals surface area contributed by atoms with Gasteiger partial charge >= 0.3 is 6.09 Å². The first-order valence-electron chi connectivity index (χ1n) is 8.64. The summed E-state index contributed by atoms with van der Waals surface area (Å²) in [6.07, 6.45) is 0.736. The molecule has 2 atom stereocenters. The number of nitrogens with zero attached hydrogens (tertiary/aromatic N) is 1. The van der Waals surface area contributed by atoms with Gasteiger partial charge in [0.1, 0.15) is 5.60 Å². The van der Waals surface area contributed by atoms with Crippen molar-refractivity contribution >= 4 is 14.4 Å². The quantitative estimate of drug-likeness (QED) is 0.614. The third kappa shape index (κ3) is 5.60. The van der Waals surface area contributed by atoms with Gasteiger partial charge in [-0.05, 0) is 51.4 Å². The number of aliphatic hydroxyl groups excluding tert-OH is 1. The molecule has 1 amide bonds. The molecule has 0 spiro atoms. The Morgan fingerprint density at radius 3 is 2.29 bits per heavy atom. The highest BCUT2D eigenvalue weighted by atomic mass is 28.4. The summed E-state index contributed by atoms with van der Waals surface area (Å²) in [4.78, 5) is 14.2. The molecule has 0 aromatic carbocycles. The average Bonchev–Trinajstić information content (AvgIpc) is 2.33. The van der Waals surface area contributed by atoms with E-state index in [2.05, 4.69) is 33.9 Å². The van der Waals surface area contributed by atoms with Gasteiger partial charge in [0, 0.05) is 0 Å². The number of amides is 1. The molecule has 0 bridgehead atoms. The number of ether oxygens (including phenoxy) is 1. The Morgan fingerprint density at radius 2 is 1.83 bits per heavy atom. The Hall–Kier alpha value is -0.853. The van der Waals surface area contributed by atoms with Gasteiger partial charge in [0.05, 0.1) is 25.3 Å². The van der Waals surface area contributed by atoms with E-state index in [4.69, 9.17) is 9.16 Å². The van der Waals surface area contributed by atoms with Gasteiger partial charge in [0.2, 0.25) is 0 Å². The second-order valence-electron chi connectivity index (χ2n) is 9.20. The summed E-state index contributed by atoms with van der Waals surface area (Å²) < 4.78 is 11.8. The molecular formula is C18H35NO4Si. The summed E-state index contributed by atoms with van der Waals surface area (Å²) >= 11 is 0. The largest absolute Gasteiger partial charge is 0.444 e. The predicted molar refractivity (Wildman–Crippen MR) is 99.6 cm³/mol. The first kappa shape index (κ1) is 21.2. The standard InChI is InChI=1S/C18H35NO4Si/c1-13-10-14(20)11-19(16(21)23-17(2,3)4)15(13)12-22-24(8,9)18(5,6)7/h10,14-15,20H,11-12H2,1-9H3/t14-,15+/m0/s1. The molecule has 6 heteroatoms. The summed E-state index contributed by atoms with van der Waals surface area (Å²) in [5.74, 6) is 0. The summed E-state index contributed by atoms with van der Waals surface area (Å²) in [7, 11) is -1.92. The number of hydrogen-bond acceptors (Lipinski definition) is 4. The summed E-state index contributed by atoms with van der Waals surface area (Å²) in [5, 5.41) is 10.1. The molecule has 0 fully saturated rings. The lowest BCUT2D eigenvalue weighted by atomic mass is 10.0. The van der Waals surface area contributed by atoms with E-state index in [1.807, 2.05) is 27.7 Å². The second-order valence-corrected chi connectivity index (χ2v) is 14.0. The van der Waals surface area contributed by atoms with Gasteiger partial charge in [0.15, 0.2) is 8.32 Å². The first-order valence-corrected chi connectivity index (χ1v) is 11.5. The van der Waals surface area contributed by atoms with Crippen molar-refractivity contribution < 1.29 is 19.1 Å². The van der Waals surface area contributed by atoms with E-state index in [9.17, 15) is 9.90 Å². The van der Waals surface area contributed by atoms with E-state index < -0.39 is 26.1 Å². The molecule has 0 aromatic rings. The van der Waals surface area contributed by atoms with Gasteiger partial charge in [-0.15, -0.1) is 0 Å². The van der Waals surface area contributed by atoms with Crippen molar-refractivity contribution in [2.75, 3.05) is 13.2 Å². The Balaban J connectivity index is 2.94. The minimum Gasteiger partial charge on any atom is -0.444 e. The first-order chi connectivity index (χ1) is 10.6. The fourth-order valence-corrected chi connectivity index (χ4v) is 3.30. The van der Waals surface area contributed by atoms with Crippen LogP contribution in [0.25, 0.3) is 0 Å². The average molecular weight is 358 g/mol. The van der Waals surface area contributed by atoms with Crippen molar-refractivity contribution in [3.63, 3.8) is 0 Å². The van der Waals surface area contributed by atoms with E-state index in [1.54, 1.807) is 11.0 Å². The lowest BCUT2D eigenvalue weighted by Crippen LogP contribution is -2.53. The summed E-state index contributed by atoms with van der Waals surface area (Å²) in [5.41, 5.74) is 0.375. The van der Waals surface area contributed by atoms with Crippen LogP contribution in [0.2, 0.25) is 18.1 Å². The number of carbonyl (C=O) groups is 1. The number of hydrogen-bond donors (Lipinski definition) is 1. The molecule has 0 saturated carbocycles. The molecule has 0 aliphatic carbocycles. The van der Waals surface area contributed by atoms with E-state index >= 15 is 0 Å². The van der Waals surface area contributed by atoms with Crippen LogP contribution in [0.5, 0.6) is 0 Å².